The second-order valence-corrected chi connectivity index (χ2v) is 9.90. The fourth-order valence-corrected chi connectivity index (χ4v) is 5.37. The first kappa shape index (κ1) is 21.4. The summed E-state index contributed by atoms with van der Waals surface area (Å²) in [7, 11) is -3.51. The highest BCUT2D eigenvalue weighted by Gasteiger charge is 2.27. The van der Waals surface area contributed by atoms with Gasteiger partial charge in [0.15, 0.2) is 0 Å². The smallest absolute Gasteiger partial charge is 0.236 e. The Kier molecular flexibility index (Phi) is 6.60. The third kappa shape index (κ3) is 5.46. The summed E-state index contributed by atoms with van der Waals surface area (Å²) in [6.07, 6.45) is 1.82. The maximum Gasteiger partial charge on any atom is 0.236 e. The second-order valence-electron chi connectivity index (χ2n) is 7.23. The van der Waals surface area contributed by atoms with Gasteiger partial charge >= 0.3 is 0 Å². The molecule has 3 aromatic rings. The molecule has 0 N–H and O–H groups in total. The number of hydrogen-bond donors (Lipinski definition) is 0. The molecule has 0 spiro atoms. The first-order valence-electron chi connectivity index (χ1n) is 10.0. The first-order valence-corrected chi connectivity index (χ1v) is 12.4. The third-order valence-corrected chi connectivity index (χ3v) is 7.59. The van der Waals surface area contributed by atoms with Gasteiger partial charge in [0.05, 0.1) is 12.1 Å². The van der Waals surface area contributed by atoms with E-state index in [0.29, 0.717) is 26.2 Å². The van der Waals surface area contributed by atoms with Crippen LogP contribution in [0.15, 0.2) is 71.5 Å². The predicted molar refractivity (Wildman–Crippen MR) is 124 cm³/mol. The van der Waals surface area contributed by atoms with Crippen molar-refractivity contribution in [2.75, 3.05) is 26.2 Å². The number of amides is 1. The lowest BCUT2D eigenvalue weighted by Crippen LogP contribution is -2.50. The van der Waals surface area contributed by atoms with Gasteiger partial charge in [-0.1, -0.05) is 60.7 Å². The summed E-state index contributed by atoms with van der Waals surface area (Å²) in [5.74, 6) is -0.0261. The molecule has 0 radical (unpaired) electrons. The third-order valence-electron chi connectivity index (χ3n) is 5.09. The van der Waals surface area contributed by atoms with E-state index < -0.39 is 10.0 Å². The van der Waals surface area contributed by atoms with Gasteiger partial charge in [-0.25, -0.2) is 13.4 Å². The van der Waals surface area contributed by atoms with Crippen molar-refractivity contribution in [2.45, 2.75) is 6.42 Å². The van der Waals surface area contributed by atoms with Crippen molar-refractivity contribution in [3.05, 3.63) is 82.7 Å². The van der Waals surface area contributed by atoms with E-state index in [9.17, 15) is 13.2 Å². The van der Waals surface area contributed by atoms with Gasteiger partial charge < -0.3 is 4.90 Å². The molecule has 1 saturated heterocycles. The lowest BCUT2D eigenvalue weighted by molar-refractivity contribution is -0.131. The number of benzene rings is 2. The Labute approximate surface area is 186 Å². The van der Waals surface area contributed by atoms with E-state index in [4.69, 9.17) is 0 Å². The van der Waals surface area contributed by atoms with E-state index >= 15 is 0 Å². The van der Waals surface area contributed by atoms with E-state index in [1.54, 1.807) is 11.0 Å². The number of carbonyl (C=O) groups is 1. The molecule has 1 aliphatic heterocycles. The van der Waals surface area contributed by atoms with Crippen molar-refractivity contribution in [1.29, 1.82) is 0 Å². The molecule has 2 aromatic carbocycles. The average molecular weight is 454 g/mol. The van der Waals surface area contributed by atoms with Gasteiger partial charge in [-0.2, -0.15) is 4.31 Å². The summed E-state index contributed by atoms with van der Waals surface area (Å²) < 4.78 is 26.6. The second kappa shape index (κ2) is 9.55. The molecule has 4 rings (SSSR count). The molecule has 160 valence electrons. The van der Waals surface area contributed by atoms with Crippen molar-refractivity contribution in [3.8, 4) is 10.6 Å². The van der Waals surface area contributed by atoms with Crippen LogP contribution in [0.1, 0.15) is 11.3 Å². The van der Waals surface area contributed by atoms with Crippen LogP contribution < -0.4 is 0 Å². The number of piperazine rings is 1. The van der Waals surface area contributed by atoms with Crippen molar-refractivity contribution < 1.29 is 13.2 Å². The minimum Gasteiger partial charge on any atom is -0.340 e. The average Bonchev–Trinajstić information content (AvgIpc) is 3.28. The van der Waals surface area contributed by atoms with Gasteiger partial charge in [0.1, 0.15) is 5.01 Å². The van der Waals surface area contributed by atoms with E-state index in [1.165, 1.54) is 21.1 Å². The Balaban J connectivity index is 1.32. The molecule has 0 bridgehead atoms. The largest absolute Gasteiger partial charge is 0.340 e. The Morgan fingerprint density at radius 2 is 1.61 bits per heavy atom. The normalized spacial score (nSPS) is 15.4. The van der Waals surface area contributed by atoms with Gasteiger partial charge in [0.25, 0.3) is 0 Å². The number of thiazole rings is 1. The summed E-state index contributed by atoms with van der Waals surface area (Å²) in [6.45, 7) is 1.35. The zero-order valence-electron chi connectivity index (χ0n) is 16.9. The van der Waals surface area contributed by atoms with Crippen molar-refractivity contribution in [1.82, 2.24) is 14.2 Å². The molecule has 6 nitrogen and oxygen atoms in total. The first-order chi connectivity index (χ1) is 15.0. The molecule has 1 amide bonds. The standard InChI is InChI=1S/C23H23N3O3S2/c27-22(17-21-18-30-23(24-21)20-9-5-2-6-10-20)25-12-14-26(15-13-25)31(28,29)16-11-19-7-3-1-4-8-19/h1-11,16,18H,12-15,17H2. The van der Waals surface area contributed by atoms with Gasteiger partial charge in [-0.3, -0.25) is 4.79 Å². The highest BCUT2D eigenvalue weighted by Crippen LogP contribution is 2.23. The molecule has 0 aliphatic carbocycles. The number of rotatable bonds is 6. The fraction of sp³-hybridized carbons (Fsp3) is 0.217. The molecule has 0 unspecified atom stereocenters. The molecule has 1 aliphatic rings. The van der Waals surface area contributed by atoms with Gasteiger partial charge in [0, 0.05) is 42.5 Å². The summed E-state index contributed by atoms with van der Waals surface area (Å²) in [6, 6.07) is 19.2. The zero-order valence-corrected chi connectivity index (χ0v) is 18.6. The monoisotopic (exact) mass is 453 g/mol. The molecule has 1 fully saturated rings. The quantitative estimate of drug-likeness (QED) is 0.573. The Hall–Kier alpha value is -2.81. The van der Waals surface area contributed by atoms with Crippen LogP contribution in [0.4, 0.5) is 0 Å². The number of hydrogen-bond acceptors (Lipinski definition) is 5. The summed E-state index contributed by atoms with van der Waals surface area (Å²) in [5, 5.41) is 4.04. The number of nitrogens with zero attached hydrogens (tertiary/aromatic N) is 3. The lowest BCUT2D eigenvalue weighted by Gasteiger charge is -2.33. The molecule has 0 saturated carbocycles. The Morgan fingerprint density at radius 1 is 0.968 bits per heavy atom. The highest BCUT2D eigenvalue weighted by atomic mass is 32.2. The van der Waals surface area contributed by atoms with Gasteiger partial charge in [0.2, 0.25) is 15.9 Å². The molecule has 0 atom stereocenters. The van der Waals surface area contributed by atoms with Gasteiger partial charge in [-0.05, 0) is 11.6 Å². The zero-order chi connectivity index (χ0) is 21.7. The van der Waals surface area contributed by atoms with E-state index in [2.05, 4.69) is 4.98 Å². The topological polar surface area (TPSA) is 70.6 Å². The van der Waals surface area contributed by atoms with E-state index in [0.717, 1.165) is 21.8 Å². The van der Waals surface area contributed by atoms with Gasteiger partial charge in [-0.15, -0.1) is 11.3 Å². The van der Waals surface area contributed by atoms with Crippen molar-refractivity contribution >= 4 is 33.3 Å². The summed E-state index contributed by atoms with van der Waals surface area (Å²) in [5.41, 5.74) is 2.61. The molecule has 31 heavy (non-hydrogen) atoms. The van der Waals surface area contributed by atoms with Crippen LogP contribution in [0.25, 0.3) is 16.6 Å². The number of aromatic nitrogens is 1. The van der Waals surface area contributed by atoms with Crippen LogP contribution in [-0.4, -0.2) is 54.7 Å². The molecule has 2 heterocycles. The van der Waals surface area contributed by atoms with Crippen LogP contribution in [0.5, 0.6) is 0 Å². The number of sulfonamides is 1. The molecule has 8 heteroatoms. The predicted octanol–water partition coefficient (Wildman–Crippen LogP) is 3.50. The van der Waals surface area contributed by atoms with Crippen LogP contribution in [-0.2, 0) is 21.2 Å². The van der Waals surface area contributed by atoms with Crippen molar-refractivity contribution in [3.63, 3.8) is 0 Å². The van der Waals surface area contributed by atoms with Crippen molar-refractivity contribution in [2.24, 2.45) is 0 Å². The van der Waals surface area contributed by atoms with Crippen LogP contribution in [0.2, 0.25) is 0 Å². The van der Waals surface area contributed by atoms with Crippen LogP contribution >= 0.6 is 11.3 Å². The molecular weight excluding hydrogens is 430 g/mol. The highest BCUT2D eigenvalue weighted by molar-refractivity contribution is 7.92. The van der Waals surface area contributed by atoms with Crippen LogP contribution in [0.3, 0.4) is 0 Å². The van der Waals surface area contributed by atoms with E-state index in [-0.39, 0.29) is 12.3 Å². The Morgan fingerprint density at radius 3 is 2.29 bits per heavy atom. The lowest BCUT2D eigenvalue weighted by atomic mass is 10.2. The minimum absolute atomic E-state index is 0.0261. The molecular formula is C23H23N3O3S2. The summed E-state index contributed by atoms with van der Waals surface area (Å²) in [4.78, 5) is 19.0. The maximum absolute atomic E-state index is 12.7. The maximum atomic E-state index is 12.7. The molecule has 1 aromatic heterocycles. The number of carbonyl (C=O) groups excluding carboxylic acids is 1. The van der Waals surface area contributed by atoms with Crippen LogP contribution in [0, 0.1) is 0 Å². The minimum atomic E-state index is -3.51. The SMILES string of the molecule is O=C(Cc1csc(-c2ccccc2)n1)N1CCN(S(=O)(=O)C=Cc2ccccc2)CC1. The summed E-state index contributed by atoms with van der Waals surface area (Å²) >= 11 is 1.52. The van der Waals surface area contributed by atoms with E-state index in [1.807, 2.05) is 66.0 Å². The fourth-order valence-electron chi connectivity index (χ4n) is 3.37. The Bertz CT molecular complexity index is 1150.